The molecule has 0 saturated heterocycles. The van der Waals surface area contributed by atoms with E-state index in [0.29, 0.717) is 12.3 Å². The van der Waals surface area contributed by atoms with E-state index in [1.54, 1.807) is 6.07 Å². The van der Waals surface area contributed by atoms with E-state index >= 15 is 0 Å². The van der Waals surface area contributed by atoms with E-state index in [0.717, 1.165) is 25.2 Å². The maximum atomic E-state index is 13.8. The summed E-state index contributed by atoms with van der Waals surface area (Å²) in [5, 5.41) is 0. The smallest absolute Gasteiger partial charge is 0.167 e. The van der Waals surface area contributed by atoms with Crippen LogP contribution in [-0.2, 0) is 13.0 Å². The van der Waals surface area contributed by atoms with Gasteiger partial charge in [-0.3, -0.25) is 0 Å². The highest BCUT2D eigenvalue weighted by molar-refractivity contribution is 5.70. The van der Waals surface area contributed by atoms with Gasteiger partial charge in [0.2, 0.25) is 0 Å². The van der Waals surface area contributed by atoms with Crippen molar-refractivity contribution in [1.82, 2.24) is 0 Å². The van der Waals surface area contributed by atoms with Crippen LogP contribution in [0.25, 0.3) is 0 Å². The Labute approximate surface area is 124 Å². The quantitative estimate of drug-likeness (QED) is 0.879. The first kappa shape index (κ1) is 13.7. The first-order valence-corrected chi connectivity index (χ1v) is 7.22. The van der Waals surface area contributed by atoms with Crippen LogP contribution in [0.5, 0.6) is 5.75 Å². The third-order valence-corrected chi connectivity index (χ3v) is 3.85. The number of rotatable bonds is 3. The standard InChI is InChI=1S/C17H19FN2O/c1-2-21-17-10-16(15(19)9-14(17)18)20-8-7-12-5-3-4-6-13(12)11-20/h3-6,9-10H,2,7-8,11,19H2,1H3. The predicted molar refractivity (Wildman–Crippen MR) is 83.2 cm³/mol. The molecule has 3 nitrogen and oxygen atoms in total. The summed E-state index contributed by atoms with van der Waals surface area (Å²) >= 11 is 0. The fourth-order valence-corrected chi connectivity index (χ4v) is 2.80. The second kappa shape index (κ2) is 5.64. The van der Waals surface area contributed by atoms with Gasteiger partial charge in [0.15, 0.2) is 11.6 Å². The van der Waals surface area contributed by atoms with Crippen molar-refractivity contribution in [3.05, 3.63) is 53.3 Å². The highest BCUT2D eigenvalue weighted by Gasteiger charge is 2.19. The summed E-state index contributed by atoms with van der Waals surface area (Å²) in [6, 6.07) is 11.5. The van der Waals surface area contributed by atoms with Gasteiger partial charge in [-0.15, -0.1) is 0 Å². The molecule has 0 radical (unpaired) electrons. The normalized spacial score (nSPS) is 13.9. The number of nitrogens with two attached hydrogens (primary N) is 1. The third-order valence-electron chi connectivity index (χ3n) is 3.85. The summed E-state index contributed by atoms with van der Waals surface area (Å²) in [5.41, 5.74) is 9.97. The van der Waals surface area contributed by atoms with Crippen LogP contribution in [0.15, 0.2) is 36.4 Å². The van der Waals surface area contributed by atoms with Gasteiger partial charge in [-0.25, -0.2) is 4.39 Å². The lowest BCUT2D eigenvalue weighted by atomic mass is 9.99. The van der Waals surface area contributed by atoms with E-state index in [4.69, 9.17) is 10.5 Å². The zero-order chi connectivity index (χ0) is 14.8. The molecule has 21 heavy (non-hydrogen) atoms. The van der Waals surface area contributed by atoms with Crippen LogP contribution in [0.3, 0.4) is 0 Å². The lowest BCUT2D eigenvalue weighted by Gasteiger charge is -2.31. The fourth-order valence-electron chi connectivity index (χ4n) is 2.80. The number of nitrogens with zero attached hydrogens (tertiary/aromatic N) is 1. The highest BCUT2D eigenvalue weighted by Crippen LogP contribution is 2.34. The Morgan fingerprint density at radius 1 is 1.24 bits per heavy atom. The van der Waals surface area contributed by atoms with Crippen LogP contribution >= 0.6 is 0 Å². The molecule has 1 aliphatic rings. The second-order valence-corrected chi connectivity index (χ2v) is 5.21. The molecule has 0 unspecified atom stereocenters. The number of nitrogen functional groups attached to an aromatic ring is 1. The van der Waals surface area contributed by atoms with Crippen molar-refractivity contribution < 1.29 is 9.13 Å². The summed E-state index contributed by atoms with van der Waals surface area (Å²) in [5.74, 6) is -0.143. The maximum Gasteiger partial charge on any atom is 0.167 e. The topological polar surface area (TPSA) is 38.5 Å². The molecule has 0 fully saturated rings. The average molecular weight is 286 g/mol. The zero-order valence-electron chi connectivity index (χ0n) is 12.1. The van der Waals surface area contributed by atoms with E-state index in [1.807, 2.05) is 13.0 Å². The molecule has 0 bridgehead atoms. The SMILES string of the molecule is CCOc1cc(N2CCc3ccccc3C2)c(N)cc1F. The van der Waals surface area contributed by atoms with E-state index in [2.05, 4.69) is 23.1 Å². The van der Waals surface area contributed by atoms with Gasteiger partial charge in [-0.2, -0.15) is 0 Å². The molecule has 2 aromatic carbocycles. The number of fused-ring (bicyclic) bond motifs is 1. The van der Waals surface area contributed by atoms with Gasteiger partial charge in [-0.1, -0.05) is 24.3 Å². The molecule has 3 rings (SSSR count). The first-order chi connectivity index (χ1) is 10.2. The Morgan fingerprint density at radius 3 is 2.76 bits per heavy atom. The molecule has 0 spiro atoms. The van der Waals surface area contributed by atoms with Crippen molar-refractivity contribution in [3.63, 3.8) is 0 Å². The Morgan fingerprint density at radius 2 is 2.00 bits per heavy atom. The zero-order valence-corrected chi connectivity index (χ0v) is 12.1. The van der Waals surface area contributed by atoms with Crippen LogP contribution in [0.4, 0.5) is 15.8 Å². The van der Waals surface area contributed by atoms with Crippen molar-refractivity contribution in [2.75, 3.05) is 23.8 Å². The minimum Gasteiger partial charge on any atom is -0.491 e. The molecule has 4 heteroatoms. The number of benzene rings is 2. The number of ether oxygens (including phenoxy) is 1. The van der Waals surface area contributed by atoms with Gasteiger partial charge in [0.1, 0.15) is 0 Å². The van der Waals surface area contributed by atoms with Gasteiger partial charge < -0.3 is 15.4 Å². The van der Waals surface area contributed by atoms with Crippen LogP contribution in [-0.4, -0.2) is 13.2 Å². The van der Waals surface area contributed by atoms with Crippen molar-refractivity contribution in [1.29, 1.82) is 0 Å². The molecular weight excluding hydrogens is 267 g/mol. The van der Waals surface area contributed by atoms with Crippen molar-refractivity contribution >= 4 is 11.4 Å². The van der Waals surface area contributed by atoms with Gasteiger partial charge in [0.05, 0.1) is 18.0 Å². The Hall–Kier alpha value is -2.23. The van der Waals surface area contributed by atoms with Gasteiger partial charge in [0.25, 0.3) is 0 Å². The van der Waals surface area contributed by atoms with Crippen LogP contribution in [0.2, 0.25) is 0 Å². The summed E-state index contributed by atoms with van der Waals surface area (Å²) in [4.78, 5) is 2.18. The van der Waals surface area contributed by atoms with Crippen LogP contribution < -0.4 is 15.4 Å². The Balaban J connectivity index is 1.93. The average Bonchev–Trinajstić information content (AvgIpc) is 2.49. The molecule has 0 aliphatic carbocycles. The minimum atomic E-state index is -0.407. The molecule has 1 aliphatic heterocycles. The summed E-state index contributed by atoms with van der Waals surface area (Å²) in [6.07, 6.45) is 0.969. The molecular formula is C17H19FN2O. The van der Waals surface area contributed by atoms with E-state index < -0.39 is 5.82 Å². The second-order valence-electron chi connectivity index (χ2n) is 5.21. The van der Waals surface area contributed by atoms with Crippen LogP contribution in [0, 0.1) is 5.82 Å². The Kier molecular flexibility index (Phi) is 3.69. The van der Waals surface area contributed by atoms with E-state index in [-0.39, 0.29) is 5.75 Å². The van der Waals surface area contributed by atoms with E-state index in [9.17, 15) is 4.39 Å². The molecule has 110 valence electrons. The molecule has 0 aromatic heterocycles. The molecule has 2 N–H and O–H groups in total. The monoisotopic (exact) mass is 286 g/mol. The van der Waals surface area contributed by atoms with Gasteiger partial charge in [0, 0.05) is 25.2 Å². The van der Waals surface area contributed by atoms with Crippen molar-refractivity contribution in [3.8, 4) is 5.75 Å². The molecule has 0 atom stereocenters. The number of hydrogen-bond donors (Lipinski definition) is 1. The number of anilines is 2. The Bertz CT molecular complexity index is 657. The minimum absolute atomic E-state index is 0.264. The lowest BCUT2D eigenvalue weighted by molar-refractivity contribution is 0.321. The molecule has 0 saturated carbocycles. The van der Waals surface area contributed by atoms with Gasteiger partial charge >= 0.3 is 0 Å². The van der Waals surface area contributed by atoms with E-state index in [1.165, 1.54) is 17.2 Å². The lowest BCUT2D eigenvalue weighted by Crippen LogP contribution is -2.31. The van der Waals surface area contributed by atoms with Crippen molar-refractivity contribution in [2.45, 2.75) is 19.9 Å². The summed E-state index contributed by atoms with van der Waals surface area (Å²) in [7, 11) is 0. The van der Waals surface area contributed by atoms with Crippen LogP contribution in [0.1, 0.15) is 18.1 Å². The highest BCUT2D eigenvalue weighted by atomic mass is 19.1. The largest absolute Gasteiger partial charge is 0.491 e. The first-order valence-electron chi connectivity index (χ1n) is 7.22. The molecule has 2 aromatic rings. The fraction of sp³-hybridized carbons (Fsp3) is 0.294. The number of hydrogen-bond acceptors (Lipinski definition) is 3. The van der Waals surface area contributed by atoms with Gasteiger partial charge in [-0.05, 0) is 24.5 Å². The third kappa shape index (κ3) is 2.66. The number of halogens is 1. The molecule has 1 heterocycles. The summed E-state index contributed by atoms with van der Waals surface area (Å²) in [6.45, 7) is 3.94. The predicted octanol–water partition coefficient (Wildman–Crippen LogP) is 3.37. The van der Waals surface area contributed by atoms with Crippen molar-refractivity contribution in [2.24, 2.45) is 0 Å². The molecule has 0 amide bonds. The maximum absolute atomic E-state index is 13.8. The summed E-state index contributed by atoms with van der Waals surface area (Å²) < 4.78 is 19.1.